The maximum absolute atomic E-state index is 5.30. The van der Waals surface area contributed by atoms with E-state index in [2.05, 4.69) is 166 Å². The maximum atomic E-state index is 5.30. The van der Waals surface area contributed by atoms with Crippen LogP contribution < -0.4 is 0 Å². The van der Waals surface area contributed by atoms with Gasteiger partial charge in [0, 0.05) is 22.1 Å². The molecule has 0 spiro atoms. The van der Waals surface area contributed by atoms with Crippen molar-refractivity contribution in [1.82, 2.24) is 9.97 Å². The zero-order chi connectivity index (χ0) is 31.5. The second-order valence-corrected chi connectivity index (χ2v) is 13.0. The molecule has 1 aromatic heterocycles. The van der Waals surface area contributed by atoms with Gasteiger partial charge in [0.05, 0.1) is 11.4 Å². The lowest BCUT2D eigenvalue weighted by atomic mass is 9.81. The number of benzene rings is 7. The normalized spacial score (nSPS) is 13.1. The molecule has 7 aromatic carbocycles. The first-order valence-electron chi connectivity index (χ1n) is 16.3. The molecule has 0 unspecified atom stereocenters. The highest BCUT2D eigenvalue weighted by Gasteiger charge is 2.36. The second-order valence-electron chi connectivity index (χ2n) is 13.0. The van der Waals surface area contributed by atoms with E-state index in [0.29, 0.717) is 0 Å². The summed E-state index contributed by atoms with van der Waals surface area (Å²) in [5.74, 6) is 0.724. The van der Waals surface area contributed by atoms with Crippen molar-refractivity contribution in [2.75, 3.05) is 0 Å². The van der Waals surface area contributed by atoms with E-state index in [-0.39, 0.29) is 5.41 Å². The van der Waals surface area contributed by atoms with E-state index < -0.39 is 0 Å². The van der Waals surface area contributed by atoms with E-state index >= 15 is 0 Å². The van der Waals surface area contributed by atoms with Gasteiger partial charge in [-0.15, -0.1) is 0 Å². The van der Waals surface area contributed by atoms with Gasteiger partial charge in [-0.3, -0.25) is 0 Å². The van der Waals surface area contributed by atoms with Crippen LogP contribution in [0.1, 0.15) is 25.0 Å². The van der Waals surface area contributed by atoms with Gasteiger partial charge in [0.2, 0.25) is 0 Å². The molecular weight excluding hydrogens is 569 g/mol. The van der Waals surface area contributed by atoms with Crippen LogP contribution in [0.25, 0.3) is 77.7 Å². The summed E-state index contributed by atoms with van der Waals surface area (Å²) in [7, 11) is 0. The Morgan fingerprint density at radius 2 is 0.979 bits per heavy atom. The molecule has 0 atom stereocenters. The summed E-state index contributed by atoms with van der Waals surface area (Å²) >= 11 is 0. The van der Waals surface area contributed by atoms with E-state index in [1.165, 1.54) is 49.5 Å². The van der Waals surface area contributed by atoms with Crippen molar-refractivity contribution < 1.29 is 0 Å². The maximum Gasteiger partial charge on any atom is 0.161 e. The zero-order valence-electron chi connectivity index (χ0n) is 26.4. The molecule has 2 heteroatoms. The number of nitrogens with zero attached hydrogens (tertiary/aromatic N) is 2. The second kappa shape index (κ2) is 10.6. The zero-order valence-corrected chi connectivity index (χ0v) is 26.4. The van der Waals surface area contributed by atoms with Gasteiger partial charge >= 0.3 is 0 Å². The predicted molar refractivity (Wildman–Crippen MR) is 196 cm³/mol. The molecule has 2 nitrogen and oxygen atoms in total. The van der Waals surface area contributed by atoms with Gasteiger partial charge < -0.3 is 0 Å². The molecule has 0 fully saturated rings. The summed E-state index contributed by atoms with van der Waals surface area (Å²) in [6.45, 7) is 4.68. The van der Waals surface area contributed by atoms with Crippen LogP contribution in [0.3, 0.4) is 0 Å². The number of hydrogen-bond acceptors (Lipinski definition) is 2. The van der Waals surface area contributed by atoms with E-state index in [0.717, 1.165) is 39.3 Å². The lowest BCUT2D eigenvalue weighted by molar-refractivity contribution is 0.660. The Balaban J connectivity index is 1.28. The Labute approximate surface area is 275 Å². The van der Waals surface area contributed by atoms with Gasteiger partial charge in [-0.2, -0.15) is 0 Å². The van der Waals surface area contributed by atoms with Crippen molar-refractivity contribution in [2.45, 2.75) is 19.3 Å². The van der Waals surface area contributed by atoms with Gasteiger partial charge in [-0.05, 0) is 67.1 Å². The van der Waals surface area contributed by atoms with Crippen molar-refractivity contribution in [2.24, 2.45) is 0 Å². The molecule has 1 aliphatic carbocycles. The summed E-state index contributed by atoms with van der Waals surface area (Å²) in [6, 6.07) is 56.4. The third-order valence-electron chi connectivity index (χ3n) is 9.92. The average molecular weight is 601 g/mol. The van der Waals surface area contributed by atoms with Gasteiger partial charge in [-0.1, -0.05) is 159 Å². The highest BCUT2D eigenvalue weighted by molar-refractivity contribution is 6.07. The number of hydrogen-bond donors (Lipinski definition) is 0. The predicted octanol–water partition coefficient (Wildman–Crippen LogP) is 11.8. The number of aromatic nitrogens is 2. The molecule has 0 N–H and O–H groups in total. The van der Waals surface area contributed by atoms with Crippen LogP contribution in [0.4, 0.5) is 0 Å². The highest BCUT2D eigenvalue weighted by Crippen LogP contribution is 2.52. The summed E-state index contributed by atoms with van der Waals surface area (Å²) in [4.78, 5) is 10.5. The minimum Gasteiger partial charge on any atom is -0.228 e. The third kappa shape index (κ3) is 4.33. The van der Waals surface area contributed by atoms with Crippen LogP contribution >= 0.6 is 0 Å². The van der Waals surface area contributed by atoms with Crippen LogP contribution in [0.2, 0.25) is 0 Å². The topological polar surface area (TPSA) is 25.8 Å². The molecule has 0 radical (unpaired) electrons. The smallest absolute Gasteiger partial charge is 0.161 e. The molecule has 47 heavy (non-hydrogen) atoms. The third-order valence-corrected chi connectivity index (χ3v) is 9.92. The van der Waals surface area contributed by atoms with E-state index in [9.17, 15) is 0 Å². The van der Waals surface area contributed by atoms with Crippen LogP contribution in [0, 0.1) is 0 Å². The van der Waals surface area contributed by atoms with Gasteiger partial charge in [0.1, 0.15) is 0 Å². The van der Waals surface area contributed by atoms with Crippen molar-refractivity contribution in [3.8, 4) is 56.2 Å². The SMILES string of the molecule is CC1(C)c2ccccc2-c2c(-c3ccc(-c4nc(-c5ccccc5)cc(-c5cccc6ccccc56)n4)c4ccccc34)cccc21. The lowest BCUT2D eigenvalue weighted by Crippen LogP contribution is -2.14. The molecule has 0 amide bonds. The van der Waals surface area contributed by atoms with Gasteiger partial charge in [-0.25, -0.2) is 9.97 Å². The summed E-state index contributed by atoms with van der Waals surface area (Å²) in [5.41, 5.74) is 12.9. The molecule has 0 aliphatic heterocycles. The number of rotatable bonds is 4. The van der Waals surface area contributed by atoms with E-state index in [4.69, 9.17) is 9.97 Å². The first-order chi connectivity index (χ1) is 23.1. The van der Waals surface area contributed by atoms with Crippen molar-refractivity contribution >= 4 is 21.5 Å². The first kappa shape index (κ1) is 27.5. The Hall–Kier alpha value is -5.86. The molecule has 1 heterocycles. The van der Waals surface area contributed by atoms with Crippen molar-refractivity contribution in [1.29, 1.82) is 0 Å². The van der Waals surface area contributed by atoms with Crippen LogP contribution in [0.5, 0.6) is 0 Å². The van der Waals surface area contributed by atoms with Crippen LogP contribution in [-0.2, 0) is 5.41 Å². The Morgan fingerprint density at radius 1 is 0.404 bits per heavy atom. The van der Waals surface area contributed by atoms with Crippen molar-refractivity contribution in [3.63, 3.8) is 0 Å². The monoisotopic (exact) mass is 600 g/mol. The highest BCUT2D eigenvalue weighted by atomic mass is 14.9. The minimum absolute atomic E-state index is 0.0542. The van der Waals surface area contributed by atoms with Gasteiger partial charge in [0.25, 0.3) is 0 Å². The molecule has 222 valence electrons. The van der Waals surface area contributed by atoms with Gasteiger partial charge in [0.15, 0.2) is 5.82 Å². The Bertz CT molecular complexity index is 2490. The Morgan fingerprint density at radius 3 is 1.83 bits per heavy atom. The lowest BCUT2D eigenvalue weighted by Gasteiger charge is -2.21. The quantitative estimate of drug-likeness (QED) is 0.201. The van der Waals surface area contributed by atoms with E-state index in [1.807, 2.05) is 6.07 Å². The molecule has 0 saturated carbocycles. The summed E-state index contributed by atoms with van der Waals surface area (Å²) in [5, 5.41) is 4.71. The van der Waals surface area contributed by atoms with Crippen LogP contribution in [0.15, 0.2) is 158 Å². The average Bonchev–Trinajstić information content (AvgIpc) is 3.37. The molecule has 9 rings (SSSR count). The van der Waals surface area contributed by atoms with Crippen molar-refractivity contribution in [3.05, 3.63) is 169 Å². The van der Waals surface area contributed by atoms with E-state index in [1.54, 1.807) is 0 Å². The summed E-state index contributed by atoms with van der Waals surface area (Å²) in [6.07, 6.45) is 0. The molecule has 8 aromatic rings. The fraction of sp³-hybridized carbons (Fsp3) is 0.0667. The summed E-state index contributed by atoms with van der Waals surface area (Å²) < 4.78 is 0. The number of fused-ring (bicyclic) bond motifs is 5. The molecule has 0 bridgehead atoms. The molecular formula is C45H32N2. The fourth-order valence-corrected chi connectivity index (χ4v) is 7.62. The standard InChI is InChI=1S/C45H32N2/c1-45(2)39-24-11-10-21-38(39)43-36(23-13-25-40(43)45)34-26-27-37(33-20-9-8-19-32(33)34)44-46-41(30-15-4-3-5-16-30)28-42(47-44)35-22-12-17-29-14-6-7-18-31(29)35/h3-28H,1-2H3. The van der Waals surface area contributed by atoms with Crippen LogP contribution in [-0.4, -0.2) is 9.97 Å². The molecule has 0 saturated heterocycles. The Kier molecular flexibility index (Phi) is 6.20. The first-order valence-corrected chi connectivity index (χ1v) is 16.3. The minimum atomic E-state index is -0.0542. The fourth-order valence-electron chi connectivity index (χ4n) is 7.62. The molecule has 1 aliphatic rings. The largest absolute Gasteiger partial charge is 0.228 e.